The molecular formula is C43H26N4. The molecule has 0 spiro atoms. The summed E-state index contributed by atoms with van der Waals surface area (Å²) in [5.41, 5.74) is 11.3. The molecule has 9 aromatic rings. The average Bonchev–Trinajstić information content (AvgIpc) is 3.43. The van der Waals surface area contributed by atoms with E-state index in [0.29, 0.717) is 17.6 Å². The Labute approximate surface area is 271 Å². The first-order valence-corrected chi connectivity index (χ1v) is 15.9. The lowest BCUT2D eigenvalue weighted by Crippen LogP contribution is -2.06. The minimum absolute atomic E-state index is 0.601. The average molecular weight is 599 g/mol. The number of fused-ring (bicyclic) bond motifs is 3. The summed E-state index contributed by atoms with van der Waals surface area (Å²) in [6, 6.07) is 55.5. The molecule has 0 atom stereocenters. The van der Waals surface area contributed by atoms with Crippen LogP contribution in [-0.2, 0) is 0 Å². The third-order valence-corrected chi connectivity index (χ3v) is 9.41. The van der Waals surface area contributed by atoms with Gasteiger partial charge in [0.1, 0.15) is 0 Å². The minimum Gasteiger partial charge on any atom is -0.278 e. The van der Waals surface area contributed by atoms with Gasteiger partial charge in [0.15, 0.2) is 11.6 Å². The van der Waals surface area contributed by atoms with Crippen molar-refractivity contribution >= 4 is 32.6 Å². The van der Waals surface area contributed by atoms with E-state index in [1.165, 1.54) is 49.4 Å². The Morgan fingerprint density at radius 3 is 1.53 bits per heavy atom. The van der Waals surface area contributed by atoms with Crippen molar-refractivity contribution in [3.8, 4) is 62.1 Å². The van der Waals surface area contributed by atoms with Crippen LogP contribution in [0.15, 0.2) is 158 Å². The quantitative estimate of drug-likeness (QED) is 0.202. The monoisotopic (exact) mass is 598 g/mol. The zero-order chi connectivity index (χ0) is 30.9. The highest BCUT2D eigenvalue weighted by atomic mass is 15.2. The molecule has 10 rings (SSSR count). The number of benzene rings is 7. The van der Waals surface area contributed by atoms with Crippen LogP contribution in [0, 0.1) is 0 Å². The van der Waals surface area contributed by atoms with Gasteiger partial charge in [0.05, 0.1) is 11.0 Å². The lowest BCUT2D eigenvalue weighted by molar-refractivity contribution is 0.953. The molecule has 0 bridgehead atoms. The van der Waals surface area contributed by atoms with Crippen molar-refractivity contribution in [2.24, 2.45) is 0 Å². The molecule has 4 nitrogen and oxygen atoms in total. The molecule has 0 unspecified atom stereocenters. The van der Waals surface area contributed by atoms with Crippen molar-refractivity contribution < 1.29 is 0 Å². The van der Waals surface area contributed by atoms with Crippen LogP contribution in [0.25, 0.3) is 94.7 Å². The van der Waals surface area contributed by atoms with E-state index in [2.05, 4.69) is 138 Å². The predicted octanol–water partition coefficient (Wildman–Crippen LogP) is 10.8. The van der Waals surface area contributed by atoms with Crippen LogP contribution < -0.4 is 0 Å². The number of aromatic nitrogens is 4. The second kappa shape index (κ2) is 10.1. The molecular weight excluding hydrogens is 573 g/mol. The van der Waals surface area contributed by atoms with Crippen molar-refractivity contribution in [2.45, 2.75) is 0 Å². The summed E-state index contributed by atoms with van der Waals surface area (Å²) in [4.78, 5) is 15.4. The first-order chi connectivity index (χ1) is 23.3. The topological polar surface area (TPSA) is 43.6 Å². The Balaban J connectivity index is 1.27. The van der Waals surface area contributed by atoms with Crippen LogP contribution in [-0.4, -0.2) is 19.5 Å². The van der Waals surface area contributed by atoms with Crippen molar-refractivity contribution in [1.82, 2.24) is 19.5 Å². The summed E-state index contributed by atoms with van der Waals surface area (Å²) < 4.78 is 2.23. The predicted molar refractivity (Wildman–Crippen MR) is 192 cm³/mol. The Morgan fingerprint density at radius 1 is 0.319 bits per heavy atom. The lowest BCUT2D eigenvalue weighted by Gasteiger charge is -2.14. The van der Waals surface area contributed by atoms with Gasteiger partial charge in [-0.2, -0.15) is 9.97 Å². The van der Waals surface area contributed by atoms with Gasteiger partial charge in [0.2, 0.25) is 5.95 Å². The van der Waals surface area contributed by atoms with Crippen molar-refractivity contribution in [3.63, 3.8) is 0 Å². The molecule has 1 aliphatic carbocycles. The summed E-state index contributed by atoms with van der Waals surface area (Å²) in [5, 5.41) is 4.94. The van der Waals surface area contributed by atoms with Gasteiger partial charge >= 0.3 is 0 Å². The molecule has 1 aliphatic rings. The maximum absolute atomic E-state index is 5.21. The number of rotatable bonds is 4. The summed E-state index contributed by atoms with van der Waals surface area (Å²) in [6.45, 7) is 0. The van der Waals surface area contributed by atoms with Gasteiger partial charge in [0.25, 0.3) is 0 Å². The van der Waals surface area contributed by atoms with E-state index in [1.807, 2.05) is 24.3 Å². The van der Waals surface area contributed by atoms with E-state index in [9.17, 15) is 0 Å². The van der Waals surface area contributed by atoms with Crippen LogP contribution in [0.5, 0.6) is 0 Å². The Bertz CT molecular complexity index is 2660. The largest absolute Gasteiger partial charge is 0.278 e. The van der Waals surface area contributed by atoms with Gasteiger partial charge < -0.3 is 0 Å². The Morgan fingerprint density at radius 2 is 0.830 bits per heavy atom. The zero-order valence-corrected chi connectivity index (χ0v) is 25.3. The molecule has 7 aromatic carbocycles. The van der Waals surface area contributed by atoms with Gasteiger partial charge in [-0.25, -0.2) is 4.98 Å². The van der Waals surface area contributed by atoms with Crippen molar-refractivity contribution in [1.29, 1.82) is 0 Å². The van der Waals surface area contributed by atoms with E-state index < -0.39 is 0 Å². The van der Waals surface area contributed by atoms with Crippen molar-refractivity contribution in [3.05, 3.63) is 158 Å². The fourth-order valence-corrected chi connectivity index (χ4v) is 7.30. The molecule has 218 valence electrons. The van der Waals surface area contributed by atoms with E-state index in [4.69, 9.17) is 15.0 Å². The molecule has 0 radical (unpaired) electrons. The fourth-order valence-electron chi connectivity index (χ4n) is 7.30. The van der Waals surface area contributed by atoms with Crippen LogP contribution in [0.1, 0.15) is 0 Å². The maximum atomic E-state index is 5.21. The van der Waals surface area contributed by atoms with Crippen LogP contribution >= 0.6 is 0 Å². The van der Waals surface area contributed by atoms with Gasteiger partial charge in [-0.05, 0) is 56.3 Å². The first-order valence-electron chi connectivity index (χ1n) is 15.9. The third kappa shape index (κ3) is 3.92. The van der Waals surface area contributed by atoms with E-state index in [-0.39, 0.29) is 0 Å². The molecule has 0 fully saturated rings. The molecule has 2 aromatic heterocycles. The smallest absolute Gasteiger partial charge is 0.238 e. The zero-order valence-electron chi connectivity index (χ0n) is 25.3. The molecule has 0 aliphatic heterocycles. The summed E-state index contributed by atoms with van der Waals surface area (Å²) >= 11 is 0. The van der Waals surface area contributed by atoms with Gasteiger partial charge in [-0.1, -0.05) is 146 Å². The number of hydrogen-bond acceptors (Lipinski definition) is 3. The molecule has 0 N–H and O–H groups in total. The summed E-state index contributed by atoms with van der Waals surface area (Å²) in [6.07, 6.45) is 0. The Hall–Kier alpha value is -6.39. The summed E-state index contributed by atoms with van der Waals surface area (Å²) in [7, 11) is 0. The second-order valence-corrected chi connectivity index (χ2v) is 12.0. The van der Waals surface area contributed by atoms with Crippen molar-refractivity contribution in [2.75, 3.05) is 0 Å². The maximum Gasteiger partial charge on any atom is 0.238 e. The third-order valence-electron chi connectivity index (χ3n) is 9.41. The van der Waals surface area contributed by atoms with Gasteiger partial charge in [0, 0.05) is 21.9 Å². The Kier molecular flexibility index (Phi) is 5.54. The molecule has 0 saturated carbocycles. The summed E-state index contributed by atoms with van der Waals surface area (Å²) in [5.74, 6) is 1.88. The number of hydrogen-bond donors (Lipinski definition) is 0. The van der Waals surface area contributed by atoms with Gasteiger partial charge in [-0.15, -0.1) is 0 Å². The molecule has 2 heterocycles. The highest BCUT2D eigenvalue weighted by Gasteiger charge is 2.25. The molecule has 47 heavy (non-hydrogen) atoms. The van der Waals surface area contributed by atoms with Crippen LogP contribution in [0.2, 0.25) is 0 Å². The van der Waals surface area contributed by atoms with Crippen LogP contribution in [0.4, 0.5) is 0 Å². The normalized spacial score (nSPS) is 11.8. The molecule has 0 saturated heterocycles. The molecule has 0 amide bonds. The highest BCUT2D eigenvalue weighted by molar-refractivity contribution is 6.30. The fraction of sp³-hybridized carbons (Fsp3) is 0. The van der Waals surface area contributed by atoms with E-state index in [1.54, 1.807) is 0 Å². The lowest BCUT2D eigenvalue weighted by atomic mass is 9.93. The minimum atomic E-state index is 0.601. The highest BCUT2D eigenvalue weighted by Crippen LogP contribution is 2.49. The van der Waals surface area contributed by atoms with Crippen LogP contribution in [0.3, 0.4) is 0 Å². The standard InChI is InChI=1S/C43H26N4/c1-3-11-27(12-4-1)28-21-23-31(24-22-28)42-44-41(30-13-5-2-6-14-30)45-43(46-42)47-36-20-10-19-35-33-17-8-7-16-32(33)34-18-9-15-29-25-26-37(47)40(38(29)34)39(35)36/h1-26H. The van der Waals surface area contributed by atoms with Gasteiger partial charge in [-0.3, -0.25) is 4.57 Å². The molecule has 4 heteroatoms. The first kappa shape index (κ1) is 25.9. The second-order valence-electron chi connectivity index (χ2n) is 12.0. The van der Waals surface area contributed by atoms with E-state index in [0.717, 1.165) is 27.7 Å². The number of nitrogens with zero attached hydrogens (tertiary/aromatic N) is 4. The van der Waals surface area contributed by atoms with E-state index >= 15 is 0 Å². The SMILES string of the molecule is c1ccc(-c2ccc(-c3nc(-c4ccccc4)nc(-n4c5cccc6c5c5c7c(cccc7ccc54)-c4ccccc4-6)n3)cc2)cc1.